The third kappa shape index (κ3) is 3.80. The first kappa shape index (κ1) is 18.6. The molecule has 1 fully saturated rings. The van der Waals surface area contributed by atoms with Gasteiger partial charge in [0.05, 0.1) is 11.5 Å². The minimum Gasteiger partial charge on any atom is -0.353 e. The minimum absolute atomic E-state index is 0.0427. The summed E-state index contributed by atoms with van der Waals surface area (Å²) >= 11 is 0. The molecule has 0 bridgehead atoms. The van der Waals surface area contributed by atoms with Crippen LogP contribution in [0.25, 0.3) is 0 Å². The first-order valence-electron chi connectivity index (χ1n) is 9.26. The lowest BCUT2D eigenvalue weighted by Crippen LogP contribution is -2.40. The predicted octanol–water partition coefficient (Wildman–Crippen LogP) is 3.84. The highest BCUT2D eigenvalue weighted by atomic mass is 19.1. The SMILES string of the molecule is CCc1ccc(C(CNC(=O)C2(c3ccc(F)cc3)CC2)N(C)C)cc1. The summed E-state index contributed by atoms with van der Waals surface area (Å²) < 4.78 is 13.2. The van der Waals surface area contributed by atoms with Crippen molar-refractivity contribution in [3.63, 3.8) is 0 Å². The number of nitrogens with one attached hydrogen (secondary N) is 1. The van der Waals surface area contributed by atoms with Gasteiger partial charge >= 0.3 is 0 Å². The summed E-state index contributed by atoms with van der Waals surface area (Å²) in [7, 11) is 4.05. The smallest absolute Gasteiger partial charge is 0.230 e. The van der Waals surface area contributed by atoms with Crippen molar-refractivity contribution in [3.8, 4) is 0 Å². The van der Waals surface area contributed by atoms with Gasteiger partial charge in [-0.1, -0.05) is 43.3 Å². The molecule has 2 aromatic carbocycles. The largest absolute Gasteiger partial charge is 0.353 e. The average molecular weight is 354 g/mol. The molecule has 0 radical (unpaired) electrons. The molecule has 138 valence electrons. The molecular formula is C22H27FN2O. The number of carbonyl (C=O) groups excluding carboxylic acids is 1. The number of hydrogen-bond acceptors (Lipinski definition) is 2. The lowest BCUT2D eigenvalue weighted by atomic mass is 9.94. The quantitative estimate of drug-likeness (QED) is 0.819. The van der Waals surface area contributed by atoms with Crippen molar-refractivity contribution >= 4 is 5.91 Å². The molecular weight excluding hydrogens is 327 g/mol. The van der Waals surface area contributed by atoms with Crippen molar-refractivity contribution in [2.24, 2.45) is 0 Å². The average Bonchev–Trinajstić information content (AvgIpc) is 3.44. The number of aryl methyl sites for hydroxylation is 1. The van der Waals surface area contributed by atoms with Crippen molar-refractivity contribution in [1.82, 2.24) is 10.2 Å². The van der Waals surface area contributed by atoms with Crippen LogP contribution < -0.4 is 5.32 Å². The van der Waals surface area contributed by atoms with Crippen LogP contribution in [0.3, 0.4) is 0 Å². The zero-order valence-electron chi connectivity index (χ0n) is 15.8. The van der Waals surface area contributed by atoms with Gasteiger partial charge < -0.3 is 10.2 Å². The van der Waals surface area contributed by atoms with E-state index in [-0.39, 0.29) is 17.8 Å². The van der Waals surface area contributed by atoms with E-state index < -0.39 is 5.41 Å². The maximum atomic E-state index is 13.2. The monoisotopic (exact) mass is 354 g/mol. The number of carbonyl (C=O) groups is 1. The van der Waals surface area contributed by atoms with Crippen molar-refractivity contribution in [1.29, 1.82) is 0 Å². The van der Waals surface area contributed by atoms with E-state index in [0.29, 0.717) is 6.54 Å². The molecule has 26 heavy (non-hydrogen) atoms. The van der Waals surface area contributed by atoms with Crippen LogP contribution >= 0.6 is 0 Å². The second-order valence-electron chi connectivity index (χ2n) is 7.37. The summed E-state index contributed by atoms with van der Waals surface area (Å²) in [6.45, 7) is 2.70. The molecule has 1 N–H and O–H groups in total. The Kier molecular flexibility index (Phi) is 5.42. The van der Waals surface area contributed by atoms with Crippen LogP contribution in [0.4, 0.5) is 4.39 Å². The summed E-state index contributed by atoms with van der Waals surface area (Å²) in [6.07, 6.45) is 2.66. The van der Waals surface area contributed by atoms with Gasteiger partial charge in [0.25, 0.3) is 0 Å². The molecule has 1 aliphatic rings. The van der Waals surface area contributed by atoms with Gasteiger partial charge in [0.1, 0.15) is 5.82 Å². The molecule has 1 unspecified atom stereocenters. The van der Waals surface area contributed by atoms with Crippen molar-refractivity contribution in [2.45, 2.75) is 37.6 Å². The molecule has 0 aliphatic heterocycles. The van der Waals surface area contributed by atoms with E-state index in [9.17, 15) is 9.18 Å². The Morgan fingerprint density at radius 2 is 1.73 bits per heavy atom. The lowest BCUT2D eigenvalue weighted by molar-refractivity contribution is -0.123. The Labute approximate surface area is 155 Å². The molecule has 1 atom stereocenters. The molecule has 3 rings (SSSR count). The molecule has 1 amide bonds. The zero-order valence-corrected chi connectivity index (χ0v) is 15.8. The molecule has 4 heteroatoms. The zero-order chi connectivity index (χ0) is 18.7. The van der Waals surface area contributed by atoms with Gasteiger partial charge in [0.2, 0.25) is 5.91 Å². The number of hydrogen-bond donors (Lipinski definition) is 1. The molecule has 0 spiro atoms. The van der Waals surface area contributed by atoms with Gasteiger partial charge in [-0.2, -0.15) is 0 Å². The van der Waals surface area contributed by atoms with Gasteiger partial charge in [-0.15, -0.1) is 0 Å². The maximum absolute atomic E-state index is 13.2. The second kappa shape index (κ2) is 7.58. The molecule has 2 aromatic rings. The number of nitrogens with zero attached hydrogens (tertiary/aromatic N) is 1. The first-order valence-corrected chi connectivity index (χ1v) is 9.26. The Hall–Kier alpha value is -2.20. The predicted molar refractivity (Wildman–Crippen MR) is 103 cm³/mol. The third-order valence-corrected chi connectivity index (χ3v) is 5.43. The maximum Gasteiger partial charge on any atom is 0.230 e. The first-order chi connectivity index (χ1) is 12.5. The van der Waals surface area contributed by atoms with Crippen LogP contribution in [0.1, 0.15) is 42.5 Å². The van der Waals surface area contributed by atoms with Crippen LogP contribution in [0.5, 0.6) is 0 Å². The molecule has 0 heterocycles. The van der Waals surface area contributed by atoms with Crippen LogP contribution in [-0.4, -0.2) is 31.4 Å². The normalized spacial score (nSPS) is 16.3. The Balaban J connectivity index is 1.69. The van der Waals surface area contributed by atoms with E-state index in [0.717, 1.165) is 24.8 Å². The van der Waals surface area contributed by atoms with Crippen molar-refractivity contribution in [3.05, 3.63) is 71.0 Å². The summed E-state index contributed by atoms with van der Waals surface area (Å²) in [6, 6.07) is 15.0. The molecule has 1 saturated carbocycles. The van der Waals surface area contributed by atoms with Crippen LogP contribution in [0, 0.1) is 5.82 Å². The number of benzene rings is 2. The minimum atomic E-state index is -0.476. The van der Waals surface area contributed by atoms with Crippen LogP contribution in [0.15, 0.2) is 48.5 Å². The summed E-state index contributed by atoms with van der Waals surface area (Å²) in [5.74, 6) is -0.228. The van der Waals surface area contributed by atoms with Crippen molar-refractivity contribution in [2.75, 3.05) is 20.6 Å². The van der Waals surface area contributed by atoms with E-state index in [1.165, 1.54) is 23.3 Å². The van der Waals surface area contributed by atoms with E-state index in [1.54, 1.807) is 12.1 Å². The number of rotatable bonds is 7. The molecule has 3 nitrogen and oxygen atoms in total. The van der Waals surface area contributed by atoms with E-state index in [1.807, 2.05) is 14.1 Å². The number of likely N-dealkylation sites (N-methyl/N-ethyl adjacent to an activating group) is 1. The fourth-order valence-electron chi connectivity index (χ4n) is 3.47. The Morgan fingerprint density at radius 3 is 2.23 bits per heavy atom. The highest BCUT2D eigenvalue weighted by molar-refractivity contribution is 5.91. The molecule has 1 aliphatic carbocycles. The molecule has 0 aromatic heterocycles. The third-order valence-electron chi connectivity index (χ3n) is 5.43. The topological polar surface area (TPSA) is 32.3 Å². The fraction of sp³-hybridized carbons (Fsp3) is 0.409. The Morgan fingerprint density at radius 1 is 1.12 bits per heavy atom. The van der Waals surface area contributed by atoms with E-state index in [2.05, 4.69) is 41.4 Å². The number of amides is 1. The molecule has 0 saturated heterocycles. The summed E-state index contributed by atoms with van der Waals surface area (Å²) in [5, 5.41) is 3.13. The van der Waals surface area contributed by atoms with E-state index >= 15 is 0 Å². The number of halogens is 1. The second-order valence-corrected chi connectivity index (χ2v) is 7.37. The van der Waals surface area contributed by atoms with Gasteiger partial charge in [0, 0.05) is 6.54 Å². The van der Waals surface area contributed by atoms with Gasteiger partial charge in [-0.3, -0.25) is 4.79 Å². The van der Waals surface area contributed by atoms with Gasteiger partial charge in [-0.05, 0) is 62.2 Å². The van der Waals surface area contributed by atoms with Gasteiger partial charge in [-0.25, -0.2) is 4.39 Å². The van der Waals surface area contributed by atoms with Gasteiger partial charge in [0.15, 0.2) is 0 Å². The lowest BCUT2D eigenvalue weighted by Gasteiger charge is -2.26. The Bertz CT molecular complexity index is 749. The van der Waals surface area contributed by atoms with Crippen LogP contribution in [-0.2, 0) is 16.6 Å². The fourth-order valence-corrected chi connectivity index (χ4v) is 3.47. The van der Waals surface area contributed by atoms with Crippen LogP contribution in [0.2, 0.25) is 0 Å². The highest BCUT2D eigenvalue weighted by Crippen LogP contribution is 2.48. The van der Waals surface area contributed by atoms with Crippen molar-refractivity contribution < 1.29 is 9.18 Å². The van der Waals surface area contributed by atoms with E-state index in [4.69, 9.17) is 0 Å². The summed E-state index contributed by atoms with van der Waals surface area (Å²) in [5.41, 5.74) is 2.93. The standard InChI is InChI=1S/C22H27FN2O/c1-4-16-5-7-17(8-6-16)20(25(2)3)15-24-21(26)22(13-14-22)18-9-11-19(23)12-10-18/h5-12,20H,4,13-15H2,1-3H3,(H,24,26). The summed E-state index contributed by atoms with van der Waals surface area (Å²) in [4.78, 5) is 15.0. The highest BCUT2D eigenvalue weighted by Gasteiger charge is 2.51.